The monoisotopic (exact) mass is 345 g/mol. The van der Waals surface area contributed by atoms with Gasteiger partial charge in [-0.3, -0.25) is 9.69 Å². The van der Waals surface area contributed by atoms with Crippen molar-refractivity contribution in [3.63, 3.8) is 0 Å². The van der Waals surface area contributed by atoms with Gasteiger partial charge in [0.25, 0.3) is 5.91 Å². The number of fused-ring (bicyclic) bond motifs is 1. The van der Waals surface area contributed by atoms with Gasteiger partial charge in [-0.2, -0.15) is 0 Å². The number of carbonyl (C=O) groups is 1. The summed E-state index contributed by atoms with van der Waals surface area (Å²) < 4.78 is 6.83. The summed E-state index contributed by atoms with van der Waals surface area (Å²) in [6.45, 7) is 5.54. The molecule has 2 aliphatic rings. The average molecular weight is 345 g/mol. The normalized spacial score (nSPS) is 22.8. The van der Waals surface area contributed by atoms with Crippen molar-refractivity contribution in [2.75, 3.05) is 39.3 Å². The molecule has 5 nitrogen and oxygen atoms in total. The molecule has 2 aliphatic heterocycles. The largest absolute Gasteiger partial charge is 0.377 e. The fourth-order valence-electron chi connectivity index (χ4n) is 3.60. The van der Waals surface area contributed by atoms with Crippen LogP contribution in [-0.4, -0.2) is 66.1 Å². The lowest BCUT2D eigenvalue weighted by Crippen LogP contribution is -2.37. The number of thiazole rings is 1. The highest BCUT2D eigenvalue weighted by molar-refractivity contribution is 7.16. The molecule has 0 N–H and O–H groups in total. The topological polar surface area (TPSA) is 45.7 Å². The Morgan fingerprint density at radius 2 is 2.21 bits per heavy atom. The number of hydrogen-bond acceptors (Lipinski definition) is 5. The molecule has 128 valence electrons. The van der Waals surface area contributed by atoms with Crippen LogP contribution < -0.4 is 0 Å². The Labute approximate surface area is 146 Å². The lowest BCUT2D eigenvalue weighted by Gasteiger charge is -2.24. The van der Waals surface area contributed by atoms with Gasteiger partial charge in [-0.05, 0) is 44.0 Å². The molecule has 1 aromatic heterocycles. The van der Waals surface area contributed by atoms with E-state index in [9.17, 15) is 4.79 Å². The van der Waals surface area contributed by atoms with E-state index in [0.29, 0.717) is 6.10 Å². The van der Waals surface area contributed by atoms with Crippen molar-refractivity contribution >= 4 is 27.5 Å². The van der Waals surface area contributed by atoms with E-state index in [0.717, 1.165) is 61.5 Å². The Balaban J connectivity index is 1.39. The molecule has 6 heteroatoms. The van der Waals surface area contributed by atoms with Gasteiger partial charge >= 0.3 is 0 Å². The molecule has 0 aliphatic carbocycles. The highest BCUT2D eigenvalue weighted by Crippen LogP contribution is 2.21. The van der Waals surface area contributed by atoms with Crippen LogP contribution in [0.4, 0.5) is 0 Å². The van der Waals surface area contributed by atoms with E-state index in [4.69, 9.17) is 4.74 Å². The predicted octanol–water partition coefficient (Wildman–Crippen LogP) is 2.62. The number of hydrogen-bond donors (Lipinski definition) is 0. The number of aromatic nitrogens is 1. The van der Waals surface area contributed by atoms with Gasteiger partial charge in [0, 0.05) is 38.3 Å². The van der Waals surface area contributed by atoms with Gasteiger partial charge < -0.3 is 9.64 Å². The van der Waals surface area contributed by atoms with E-state index >= 15 is 0 Å². The molecule has 0 bridgehead atoms. The SMILES string of the molecule is O=C(c1ccc2ncsc2c1)N1CCCN(C[C@H]2CCCO2)CC1. The van der Waals surface area contributed by atoms with Gasteiger partial charge in [0.1, 0.15) is 0 Å². The fraction of sp³-hybridized carbons (Fsp3) is 0.556. The molecule has 1 amide bonds. The number of ether oxygens (including phenoxy) is 1. The van der Waals surface area contributed by atoms with Crippen LogP contribution in [0.3, 0.4) is 0 Å². The van der Waals surface area contributed by atoms with Crippen molar-refractivity contribution in [1.82, 2.24) is 14.8 Å². The highest BCUT2D eigenvalue weighted by Gasteiger charge is 2.24. The Morgan fingerprint density at radius 3 is 3.08 bits per heavy atom. The van der Waals surface area contributed by atoms with Crippen LogP contribution >= 0.6 is 11.3 Å². The van der Waals surface area contributed by atoms with Gasteiger partial charge in [0.05, 0.1) is 21.8 Å². The smallest absolute Gasteiger partial charge is 0.253 e. The van der Waals surface area contributed by atoms with Gasteiger partial charge in [0.2, 0.25) is 0 Å². The fourth-order valence-corrected chi connectivity index (χ4v) is 4.32. The second-order valence-corrected chi connectivity index (χ2v) is 7.50. The van der Waals surface area contributed by atoms with E-state index < -0.39 is 0 Å². The summed E-state index contributed by atoms with van der Waals surface area (Å²) in [7, 11) is 0. The van der Waals surface area contributed by atoms with E-state index in [2.05, 4.69) is 9.88 Å². The van der Waals surface area contributed by atoms with Crippen molar-refractivity contribution < 1.29 is 9.53 Å². The number of rotatable bonds is 3. The molecule has 1 atom stereocenters. The summed E-state index contributed by atoms with van der Waals surface area (Å²) in [5.74, 6) is 0.143. The lowest BCUT2D eigenvalue weighted by molar-refractivity contribution is 0.0704. The van der Waals surface area contributed by atoms with Crippen LogP contribution in [0, 0.1) is 0 Å². The minimum atomic E-state index is 0.143. The summed E-state index contributed by atoms with van der Waals surface area (Å²) in [6, 6.07) is 5.82. The molecule has 0 saturated carbocycles. The van der Waals surface area contributed by atoms with Crippen LogP contribution in [-0.2, 0) is 4.74 Å². The third kappa shape index (κ3) is 3.45. The van der Waals surface area contributed by atoms with E-state index in [1.165, 1.54) is 12.8 Å². The lowest BCUT2D eigenvalue weighted by atomic mass is 10.2. The zero-order chi connectivity index (χ0) is 16.4. The van der Waals surface area contributed by atoms with Crippen LogP contribution in [0.2, 0.25) is 0 Å². The molecular weight excluding hydrogens is 322 g/mol. The van der Waals surface area contributed by atoms with E-state index in [1.807, 2.05) is 28.6 Å². The van der Waals surface area contributed by atoms with Gasteiger partial charge in [0.15, 0.2) is 0 Å². The van der Waals surface area contributed by atoms with E-state index in [-0.39, 0.29) is 5.91 Å². The van der Waals surface area contributed by atoms with Crippen LogP contribution in [0.25, 0.3) is 10.2 Å². The summed E-state index contributed by atoms with van der Waals surface area (Å²) in [6.07, 6.45) is 3.78. The summed E-state index contributed by atoms with van der Waals surface area (Å²) in [5.41, 5.74) is 3.57. The molecule has 0 spiro atoms. The quantitative estimate of drug-likeness (QED) is 0.858. The van der Waals surface area contributed by atoms with Crippen molar-refractivity contribution in [1.29, 1.82) is 0 Å². The zero-order valence-electron chi connectivity index (χ0n) is 13.8. The van der Waals surface area contributed by atoms with Crippen molar-refractivity contribution in [3.05, 3.63) is 29.3 Å². The molecule has 24 heavy (non-hydrogen) atoms. The summed E-state index contributed by atoms with van der Waals surface area (Å²) in [4.78, 5) is 21.6. The van der Waals surface area contributed by atoms with Crippen molar-refractivity contribution in [2.24, 2.45) is 0 Å². The Bertz CT molecular complexity index is 711. The third-order valence-corrected chi connectivity index (χ3v) is 5.73. The standard InChI is InChI=1S/C18H23N3O2S/c22-18(14-4-5-16-17(11-14)24-13-19-16)21-7-2-6-20(8-9-21)12-15-3-1-10-23-15/h4-5,11,13,15H,1-3,6-10,12H2/t15-/m1/s1. The molecule has 2 saturated heterocycles. The first kappa shape index (κ1) is 16.0. The summed E-state index contributed by atoms with van der Waals surface area (Å²) in [5, 5.41) is 0. The zero-order valence-corrected chi connectivity index (χ0v) is 14.6. The minimum Gasteiger partial charge on any atom is -0.377 e. The second kappa shape index (κ2) is 7.17. The average Bonchev–Trinajstić information content (AvgIpc) is 3.22. The first-order chi connectivity index (χ1) is 11.8. The number of carbonyl (C=O) groups excluding carboxylic acids is 1. The molecule has 1 aromatic carbocycles. The minimum absolute atomic E-state index is 0.143. The van der Waals surface area contributed by atoms with Gasteiger partial charge in [-0.25, -0.2) is 4.98 Å². The Morgan fingerprint density at radius 1 is 1.25 bits per heavy atom. The van der Waals surface area contributed by atoms with Gasteiger partial charge in [-0.15, -0.1) is 11.3 Å². The second-order valence-electron chi connectivity index (χ2n) is 6.62. The molecule has 3 heterocycles. The third-order valence-electron chi connectivity index (χ3n) is 4.94. The van der Waals surface area contributed by atoms with E-state index in [1.54, 1.807) is 11.3 Å². The highest BCUT2D eigenvalue weighted by atomic mass is 32.1. The molecule has 2 fully saturated rings. The predicted molar refractivity (Wildman–Crippen MR) is 95.6 cm³/mol. The number of amides is 1. The number of benzene rings is 1. The first-order valence-corrected chi connectivity index (χ1v) is 9.64. The summed E-state index contributed by atoms with van der Waals surface area (Å²) >= 11 is 1.58. The maximum Gasteiger partial charge on any atom is 0.253 e. The molecule has 0 unspecified atom stereocenters. The first-order valence-electron chi connectivity index (χ1n) is 8.76. The van der Waals surface area contributed by atoms with Crippen LogP contribution in [0.5, 0.6) is 0 Å². The van der Waals surface area contributed by atoms with Crippen LogP contribution in [0.15, 0.2) is 23.7 Å². The maximum atomic E-state index is 12.8. The molecular formula is C18H23N3O2S. The molecule has 2 aromatic rings. The molecule has 4 rings (SSSR count). The van der Waals surface area contributed by atoms with Crippen LogP contribution in [0.1, 0.15) is 29.6 Å². The Kier molecular flexibility index (Phi) is 4.78. The van der Waals surface area contributed by atoms with Crippen molar-refractivity contribution in [3.8, 4) is 0 Å². The maximum absolute atomic E-state index is 12.8. The molecule has 0 radical (unpaired) electrons. The van der Waals surface area contributed by atoms with Gasteiger partial charge in [-0.1, -0.05) is 0 Å². The Hall–Kier alpha value is -1.50. The van der Waals surface area contributed by atoms with Crippen molar-refractivity contribution in [2.45, 2.75) is 25.4 Å². The number of nitrogens with zero attached hydrogens (tertiary/aromatic N) is 3.